The van der Waals surface area contributed by atoms with Gasteiger partial charge in [0.1, 0.15) is 0 Å². The van der Waals surface area contributed by atoms with Crippen LogP contribution in [-0.2, 0) is 9.59 Å². The Bertz CT molecular complexity index is 414. The lowest BCUT2D eigenvalue weighted by Gasteiger charge is -2.14. The maximum Gasteiger partial charge on any atom is 0.309 e. The van der Waals surface area contributed by atoms with Crippen LogP contribution in [0, 0.1) is 0 Å². The molecule has 1 aromatic heterocycles. The first-order chi connectivity index (χ1) is 7.54. The van der Waals surface area contributed by atoms with Crippen LogP contribution in [0.3, 0.4) is 0 Å². The highest BCUT2D eigenvalue weighted by Gasteiger charge is 2.14. The Hall–Kier alpha value is -1.69. The number of hydrogen-bond donors (Lipinski definition) is 0. The first-order valence-electron chi connectivity index (χ1n) is 4.57. The average Bonchev–Trinajstić information content (AvgIpc) is 2.60. The van der Waals surface area contributed by atoms with Crippen LogP contribution in [0.5, 0.6) is 5.88 Å². The zero-order valence-electron chi connectivity index (χ0n) is 9.10. The summed E-state index contributed by atoms with van der Waals surface area (Å²) in [5.41, 5.74) is 0. The zero-order chi connectivity index (χ0) is 12.1. The van der Waals surface area contributed by atoms with E-state index < -0.39 is 5.97 Å². The highest BCUT2D eigenvalue weighted by atomic mass is 32.1. The van der Waals surface area contributed by atoms with Gasteiger partial charge in [0.25, 0.3) is 0 Å². The van der Waals surface area contributed by atoms with E-state index in [1.807, 2.05) is 0 Å². The molecule has 0 aliphatic rings. The molecule has 5 nitrogen and oxygen atoms in total. The van der Waals surface area contributed by atoms with Crippen molar-refractivity contribution in [3.63, 3.8) is 0 Å². The Morgan fingerprint density at radius 3 is 2.81 bits per heavy atom. The molecule has 0 radical (unpaired) electrons. The van der Waals surface area contributed by atoms with Gasteiger partial charge in [0.2, 0.25) is 11.8 Å². The van der Waals surface area contributed by atoms with E-state index in [1.165, 1.54) is 30.1 Å². The van der Waals surface area contributed by atoms with Crippen molar-refractivity contribution in [1.82, 2.24) is 4.98 Å². The van der Waals surface area contributed by atoms with E-state index in [0.29, 0.717) is 11.7 Å². The molecule has 0 aliphatic heterocycles. The number of aromatic nitrogens is 1. The van der Waals surface area contributed by atoms with E-state index in [1.54, 1.807) is 11.5 Å². The number of esters is 1. The molecule has 0 fully saturated rings. The fraction of sp³-hybridized carbons (Fsp3) is 0.300. The third-order valence-electron chi connectivity index (χ3n) is 1.64. The fourth-order valence-corrected chi connectivity index (χ4v) is 1.82. The van der Waals surface area contributed by atoms with E-state index in [-0.39, 0.29) is 11.8 Å². The third kappa shape index (κ3) is 3.16. The molecule has 0 aliphatic carbocycles. The van der Waals surface area contributed by atoms with Gasteiger partial charge in [0, 0.05) is 20.4 Å². The molecule has 16 heavy (non-hydrogen) atoms. The predicted molar refractivity (Wildman–Crippen MR) is 61.6 cm³/mol. The van der Waals surface area contributed by atoms with Crippen LogP contribution in [0.15, 0.2) is 18.0 Å². The second kappa shape index (κ2) is 5.41. The number of nitrogens with zero attached hydrogens (tertiary/aromatic N) is 2. The second-order valence-electron chi connectivity index (χ2n) is 2.98. The van der Waals surface area contributed by atoms with Crippen LogP contribution in [0.2, 0.25) is 0 Å². The molecule has 1 rings (SSSR count). The quantitative estimate of drug-likeness (QED) is 0.592. The van der Waals surface area contributed by atoms with Crippen molar-refractivity contribution in [1.29, 1.82) is 0 Å². The van der Waals surface area contributed by atoms with Crippen LogP contribution in [0.1, 0.15) is 13.8 Å². The highest BCUT2D eigenvalue weighted by molar-refractivity contribution is 7.14. The standard InChI is InChI=1S/C10H12N2O3S/c1-4-5-12(7(2)13)10-11-9(6-16-10)15-8(3)14/h4,6H,1,5H2,2-3H3. The van der Waals surface area contributed by atoms with E-state index >= 15 is 0 Å². The summed E-state index contributed by atoms with van der Waals surface area (Å²) in [6.07, 6.45) is 1.61. The monoisotopic (exact) mass is 240 g/mol. The molecule has 0 unspecified atom stereocenters. The SMILES string of the molecule is C=CCN(C(C)=O)c1nc(OC(C)=O)cs1. The van der Waals surface area contributed by atoms with Crippen molar-refractivity contribution in [2.75, 3.05) is 11.4 Å². The number of rotatable bonds is 4. The van der Waals surface area contributed by atoms with Gasteiger partial charge in [-0.15, -0.1) is 17.9 Å². The van der Waals surface area contributed by atoms with Crippen molar-refractivity contribution in [2.45, 2.75) is 13.8 Å². The molecule has 1 heterocycles. The summed E-state index contributed by atoms with van der Waals surface area (Å²) >= 11 is 1.24. The predicted octanol–water partition coefficient (Wildman–Crippen LogP) is 1.61. The van der Waals surface area contributed by atoms with Crippen molar-refractivity contribution in [3.05, 3.63) is 18.0 Å². The molecular weight excluding hydrogens is 228 g/mol. The Kier molecular flexibility index (Phi) is 4.19. The van der Waals surface area contributed by atoms with Crippen LogP contribution in [-0.4, -0.2) is 23.4 Å². The number of carbonyl (C=O) groups excluding carboxylic acids is 2. The second-order valence-corrected chi connectivity index (χ2v) is 3.82. The molecule has 0 atom stereocenters. The van der Waals surface area contributed by atoms with Crippen molar-refractivity contribution >= 4 is 28.3 Å². The smallest absolute Gasteiger partial charge is 0.309 e. The molecule has 0 saturated carbocycles. The lowest BCUT2D eigenvalue weighted by atomic mass is 10.5. The Morgan fingerprint density at radius 2 is 2.31 bits per heavy atom. The maximum atomic E-state index is 11.3. The lowest BCUT2D eigenvalue weighted by Crippen LogP contribution is -2.28. The normalized spacial score (nSPS) is 9.62. The Balaban J connectivity index is 2.85. The largest absolute Gasteiger partial charge is 0.407 e. The zero-order valence-corrected chi connectivity index (χ0v) is 9.91. The number of anilines is 1. The molecular formula is C10H12N2O3S. The number of hydrogen-bond acceptors (Lipinski definition) is 5. The lowest BCUT2D eigenvalue weighted by molar-refractivity contribution is -0.132. The molecule has 0 bridgehead atoms. The van der Waals surface area contributed by atoms with E-state index in [2.05, 4.69) is 11.6 Å². The van der Waals surface area contributed by atoms with Gasteiger partial charge >= 0.3 is 5.97 Å². The topological polar surface area (TPSA) is 59.5 Å². The molecule has 0 saturated heterocycles. The van der Waals surface area contributed by atoms with Gasteiger partial charge in [-0.05, 0) is 0 Å². The van der Waals surface area contributed by atoms with Crippen LogP contribution >= 0.6 is 11.3 Å². The summed E-state index contributed by atoms with van der Waals surface area (Å²) in [7, 11) is 0. The number of ether oxygens (including phenoxy) is 1. The van der Waals surface area contributed by atoms with Crippen LogP contribution < -0.4 is 9.64 Å². The summed E-state index contributed by atoms with van der Waals surface area (Å²) in [5.74, 6) is -0.360. The van der Waals surface area contributed by atoms with Crippen LogP contribution in [0.25, 0.3) is 0 Å². The molecule has 0 aromatic carbocycles. The molecule has 0 N–H and O–H groups in total. The van der Waals surface area contributed by atoms with Gasteiger partial charge in [-0.2, -0.15) is 4.98 Å². The van der Waals surface area contributed by atoms with E-state index in [9.17, 15) is 9.59 Å². The van der Waals surface area contributed by atoms with Gasteiger partial charge in [-0.25, -0.2) is 0 Å². The van der Waals surface area contributed by atoms with Crippen molar-refractivity contribution in [3.8, 4) is 5.88 Å². The first-order valence-corrected chi connectivity index (χ1v) is 5.45. The minimum atomic E-state index is -0.435. The number of carbonyl (C=O) groups is 2. The van der Waals surface area contributed by atoms with Crippen molar-refractivity contribution in [2.24, 2.45) is 0 Å². The molecule has 1 aromatic rings. The van der Waals surface area contributed by atoms with Gasteiger partial charge in [-0.3, -0.25) is 14.5 Å². The van der Waals surface area contributed by atoms with Crippen molar-refractivity contribution < 1.29 is 14.3 Å². The summed E-state index contributed by atoms with van der Waals surface area (Å²) < 4.78 is 4.80. The van der Waals surface area contributed by atoms with E-state index in [0.717, 1.165) is 0 Å². The Morgan fingerprint density at radius 1 is 1.62 bits per heavy atom. The molecule has 0 spiro atoms. The highest BCUT2D eigenvalue weighted by Crippen LogP contribution is 2.25. The maximum absolute atomic E-state index is 11.3. The summed E-state index contributed by atoms with van der Waals surface area (Å²) in [6, 6.07) is 0. The Labute approximate surface area is 97.4 Å². The van der Waals surface area contributed by atoms with E-state index in [4.69, 9.17) is 4.74 Å². The number of thiazole rings is 1. The van der Waals surface area contributed by atoms with Gasteiger partial charge in [0.05, 0.1) is 5.38 Å². The minimum absolute atomic E-state index is 0.136. The molecule has 1 amide bonds. The fourth-order valence-electron chi connectivity index (χ4n) is 1.04. The summed E-state index contributed by atoms with van der Waals surface area (Å²) in [5, 5.41) is 2.07. The molecule has 86 valence electrons. The van der Waals surface area contributed by atoms with Gasteiger partial charge in [0.15, 0.2) is 5.13 Å². The molecule has 6 heteroatoms. The van der Waals surface area contributed by atoms with Gasteiger partial charge in [-0.1, -0.05) is 6.08 Å². The van der Waals surface area contributed by atoms with Gasteiger partial charge < -0.3 is 4.74 Å². The average molecular weight is 240 g/mol. The third-order valence-corrected chi connectivity index (χ3v) is 2.48. The van der Waals surface area contributed by atoms with Crippen LogP contribution in [0.4, 0.5) is 5.13 Å². The first kappa shape index (κ1) is 12.4. The number of amides is 1. The minimum Gasteiger partial charge on any atom is -0.407 e. The summed E-state index contributed by atoms with van der Waals surface area (Å²) in [6.45, 7) is 6.68. The summed E-state index contributed by atoms with van der Waals surface area (Å²) in [4.78, 5) is 27.5.